The lowest BCUT2D eigenvalue weighted by Crippen LogP contribution is -2.15. The Morgan fingerprint density at radius 2 is 1.80 bits per heavy atom. The maximum absolute atomic E-state index is 10.5. The first kappa shape index (κ1) is 12.0. The van der Waals surface area contributed by atoms with Crippen molar-refractivity contribution in [2.24, 2.45) is 5.73 Å². The van der Waals surface area contributed by atoms with Crippen LogP contribution in [0.5, 0.6) is 5.75 Å². The Bertz CT molecular complexity index is 412. The van der Waals surface area contributed by atoms with Crippen LogP contribution in [0.2, 0.25) is 0 Å². The molecule has 0 aliphatic heterocycles. The molecular weight excluding hydrogens is 218 g/mol. The van der Waals surface area contributed by atoms with Gasteiger partial charge in [-0.15, -0.1) is 0 Å². The number of rotatable bonds is 4. The predicted octanol–water partition coefficient (Wildman–Crippen LogP) is 0.670. The van der Waals surface area contributed by atoms with Gasteiger partial charge in [0.1, 0.15) is 5.75 Å². The number of phenolic OH excluding ortho intramolecular Hbond substituents is 1. The number of hydrogen-bond acceptors (Lipinski definition) is 4. The lowest BCUT2D eigenvalue weighted by Gasteiger charge is -2.10. The fraction of sp³-hybridized carbons (Fsp3) is 0.333. The van der Waals surface area contributed by atoms with Crippen LogP contribution < -0.4 is 5.73 Å². The van der Waals surface area contributed by atoms with Crippen molar-refractivity contribution >= 4 is 10.1 Å². The first-order chi connectivity index (χ1) is 6.88. The zero-order chi connectivity index (χ0) is 11.5. The standard InChI is InChI=1S/C9H13NO4S/c10-9(5-6-15(12,13)14)7-1-3-8(11)4-2-7/h1-4,9,11H,5-6,10H2,(H,12,13,14). The Balaban J connectivity index is 2.61. The van der Waals surface area contributed by atoms with Gasteiger partial charge >= 0.3 is 0 Å². The van der Waals surface area contributed by atoms with E-state index in [2.05, 4.69) is 0 Å². The average molecular weight is 231 g/mol. The topological polar surface area (TPSA) is 101 Å². The second-order valence-corrected chi connectivity index (χ2v) is 4.84. The molecule has 6 heteroatoms. The third-order valence-electron chi connectivity index (χ3n) is 2.01. The normalized spacial score (nSPS) is 13.7. The Labute approximate surface area is 88.3 Å². The quantitative estimate of drug-likeness (QED) is 0.661. The molecule has 0 amide bonds. The van der Waals surface area contributed by atoms with Crippen LogP contribution >= 0.6 is 0 Å². The fourth-order valence-electron chi connectivity index (χ4n) is 1.16. The second-order valence-electron chi connectivity index (χ2n) is 3.27. The van der Waals surface area contributed by atoms with Gasteiger partial charge in [-0.25, -0.2) is 0 Å². The van der Waals surface area contributed by atoms with E-state index < -0.39 is 16.2 Å². The first-order valence-electron chi connectivity index (χ1n) is 4.38. The van der Waals surface area contributed by atoms with Gasteiger partial charge in [-0.2, -0.15) is 8.42 Å². The number of benzene rings is 1. The van der Waals surface area contributed by atoms with Crippen LogP contribution in [0.1, 0.15) is 18.0 Å². The summed E-state index contributed by atoms with van der Waals surface area (Å²) in [5, 5.41) is 9.02. The van der Waals surface area contributed by atoms with Gasteiger partial charge in [0.25, 0.3) is 10.1 Å². The third-order valence-corrected chi connectivity index (χ3v) is 2.76. The van der Waals surface area contributed by atoms with Crippen molar-refractivity contribution < 1.29 is 18.1 Å². The van der Waals surface area contributed by atoms with Crippen LogP contribution in [0.25, 0.3) is 0 Å². The van der Waals surface area contributed by atoms with Crippen LogP contribution in [-0.2, 0) is 10.1 Å². The molecule has 0 aliphatic rings. The van der Waals surface area contributed by atoms with Gasteiger partial charge in [-0.05, 0) is 24.1 Å². The van der Waals surface area contributed by atoms with Crippen molar-refractivity contribution in [2.45, 2.75) is 12.5 Å². The minimum atomic E-state index is -3.96. The van der Waals surface area contributed by atoms with Crippen molar-refractivity contribution in [1.29, 1.82) is 0 Å². The molecule has 0 aromatic heterocycles. The van der Waals surface area contributed by atoms with Gasteiger partial charge in [0.15, 0.2) is 0 Å². The lowest BCUT2D eigenvalue weighted by molar-refractivity contribution is 0.473. The summed E-state index contributed by atoms with van der Waals surface area (Å²) < 4.78 is 29.5. The summed E-state index contributed by atoms with van der Waals surface area (Å²) in [5.41, 5.74) is 6.41. The minimum Gasteiger partial charge on any atom is -0.508 e. The van der Waals surface area contributed by atoms with Crippen molar-refractivity contribution in [1.82, 2.24) is 0 Å². The molecule has 0 fully saturated rings. The van der Waals surface area contributed by atoms with E-state index in [1.807, 2.05) is 0 Å². The van der Waals surface area contributed by atoms with E-state index in [-0.39, 0.29) is 17.9 Å². The smallest absolute Gasteiger partial charge is 0.264 e. The van der Waals surface area contributed by atoms with Gasteiger partial charge in [0.2, 0.25) is 0 Å². The van der Waals surface area contributed by atoms with Gasteiger partial charge in [-0.3, -0.25) is 4.55 Å². The van der Waals surface area contributed by atoms with Crippen LogP contribution in [0.4, 0.5) is 0 Å². The molecule has 0 heterocycles. The molecule has 0 spiro atoms. The van der Waals surface area contributed by atoms with Gasteiger partial charge in [0, 0.05) is 6.04 Å². The summed E-state index contributed by atoms with van der Waals surface area (Å²) in [4.78, 5) is 0. The molecule has 5 nitrogen and oxygen atoms in total. The van der Waals surface area contributed by atoms with Crippen molar-refractivity contribution in [3.8, 4) is 5.75 Å². The van der Waals surface area contributed by atoms with Crippen molar-refractivity contribution in [2.75, 3.05) is 5.75 Å². The molecule has 1 atom stereocenters. The largest absolute Gasteiger partial charge is 0.508 e. The molecule has 0 saturated carbocycles. The van der Waals surface area contributed by atoms with Gasteiger partial charge in [0.05, 0.1) is 5.75 Å². The van der Waals surface area contributed by atoms with Crippen LogP contribution in [0.3, 0.4) is 0 Å². The molecule has 0 radical (unpaired) electrons. The fourth-order valence-corrected chi connectivity index (χ4v) is 1.72. The van der Waals surface area contributed by atoms with E-state index in [0.29, 0.717) is 0 Å². The highest BCUT2D eigenvalue weighted by Crippen LogP contribution is 2.17. The number of hydrogen-bond donors (Lipinski definition) is 3. The molecule has 0 bridgehead atoms. The number of nitrogens with two attached hydrogens (primary N) is 1. The molecule has 0 saturated heterocycles. The Morgan fingerprint density at radius 3 is 2.27 bits per heavy atom. The minimum absolute atomic E-state index is 0.126. The first-order valence-corrected chi connectivity index (χ1v) is 5.99. The Hall–Kier alpha value is -1.11. The van der Waals surface area contributed by atoms with E-state index in [1.165, 1.54) is 12.1 Å². The number of phenols is 1. The molecule has 15 heavy (non-hydrogen) atoms. The number of aromatic hydroxyl groups is 1. The summed E-state index contributed by atoms with van der Waals surface area (Å²) in [6, 6.07) is 5.71. The van der Waals surface area contributed by atoms with E-state index in [1.54, 1.807) is 12.1 Å². The van der Waals surface area contributed by atoms with E-state index in [4.69, 9.17) is 15.4 Å². The summed E-state index contributed by atoms with van der Waals surface area (Å²) in [6.45, 7) is 0. The van der Waals surface area contributed by atoms with E-state index in [0.717, 1.165) is 5.56 Å². The molecule has 1 unspecified atom stereocenters. The third kappa shape index (κ3) is 4.28. The monoisotopic (exact) mass is 231 g/mol. The highest BCUT2D eigenvalue weighted by atomic mass is 32.2. The van der Waals surface area contributed by atoms with Crippen LogP contribution in [0.15, 0.2) is 24.3 Å². The Kier molecular flexibility index (Phi) is 3.67. The van der Waals surface area contributed by atoms with E-state index in [9.17, 15) is 8.42 Å². The summed E-state index contributed by atoms with van der Waals surface area (Å²) in [7, 11) is -3.96. The van der Waals surface area contributed by atoms with E-state index >= 15 is 0 Å². The molecule has 1 aromatic carbocycles. The summed E-state index contributed by atoms with van der Waals surface area (Å²) in [5.74, 6) is -0.240. The molecular formula is C9H13NO4S. The van der Waals surface area contributed by atoms with Crippen molar-refractivity contribution in [3.63, 3.8) is 0 Å². The van der Waals surface area contributed by atoms with Gasteiger partial charge < -0.3 is 10.8 Å². The maximum atomic E-state index is 10.5. The zero-order valence-electron chi connectivity index (χ0n) is 8.00. The molecule has 0 aliphatic carbocycles. The predicted molar refractivity (Wildman–Crippen MR) is 56.1 cm³/mol. The highest BCUT2D eigenvalue weighted by molar-refractivity contribution is 7.85. The summed E-state index contributed by atoms with van der Waals surface area (Å²) >= 11 is 0. The second kappa shape index (κ2) is 4.61. The van der Waals surface area contributed by atoms with Gasteiger partial charge in [-0.1, -0.05) is 12.1 Å². The highest BCUT2D eigenvalue weighted by Gasteiger charge is 2.11. The van der Waals surface area contributed by atoms with Crippen LogP contribution in [-0.4, -0.2) is 23.8 Å². The lowest BCUT2D eigenvalue weighted by atomic mass is 10.1. The van der Waals surface area contributed by atoms with Crippen molar-refractivity contribution in [3.05, 3.63) is 29.8 Å². The molecule has 1 rings (SSSR count). The molecule has 84 valence electrons. The summed E-state index contributed by atoms with van der Waals surface area (Å²) in [6.07, 6.45) is 0.142. The van der Waals surface area contributed by atoms with Crippen LogP contribution in [0, 0.1) is 0 Å². The zero-order valence-corrected chi connectivity index (χ0v) is 8.81. The average Bonchev–Trinajstić information content (AvgIpc) is 2.14. The molecule has 4 N–H and O–H groups in total. The SMILES string of the molecule is NC(CCS(=O)(=O)O)c1ccc(O)cc1. The maximum Gasteiger partial charge on any atom is 0.264 e. The Morgan fingerprint density at radius 1 is 1.27 bits per heavy atom. The molecule has 1 aromatic rings.